The van der Waals surface area contributed by atoms with Crippen LogP contribution in [0.15, 0.2) is 53.9 Å². The van der Waals surface area contributed by atoms with Crippen LogP contribution >= 0.6 is 11.3 Å². The minimum Gasteiger partial charge on any atom is -0.324 e. The molecule has 0 saturated carbocycles. The van der Waals surface area contributed by atoms with Gasteiger partial charge >= 0.3 is 0 Å². The third-order valence-electron chi connectivity index (χ3n) is 4.44. The third kappa shape index (κ3) is 4.81. The van der Waals surface area contributed by atoms with E-state index in [2.05, 4.69) is 22.8 Å². The summed E-state index contributed by atoms with van der Waals surface area (Å²) in [6, 6.07) is 14.3. The molecule has 3 aromatic rings. The van der Waals surface area contributed by atoms with Crippen LogP contribution < -0.4 is 10.6 Å². The predicted octanol–water partition coefficient (Wildman–Crippen LogP) is 5.13. The molecule has 1 aromatic heterocycles. The van der Waals surface area contributed by atoms with Gasteiger partial charge in [0.2, 0.25) is 5.91 Å². The van der Waals surface area contributed by atoms with Crippen LogP contribution in [0.5, 0.6) is 0 Å². The summed E-state index contributed by atoms with van der Waals surface area (Å²) in [6.45, 7) is 6.19. The van der Waals surface area contributed by atoms with Gasteiger partial charge in [-0.15, -0.1) is 11.3 Å². The van der Waals surface area contributed by atoms with Gasteiger partial charge in [0.05, 0.1) is 12.6 Å². The van der Waals surface area contributed by atoms with E-state index in [1.165, 1.54) is 17.7 Å². The summed E-state index contributed by atoms with van der Waals surface area (Å²) in [4.78, 5) is 13.6. The highest BCUT2D eigenvalue weighted by Gasteiger charge is 2.17. The molecule has 2 N–H and O–H groups in total. The van der Waals surface area contributed by atoms with Crippen molar-refractivity contribution in [2.75, 3.05) is 11.9 Å². The number of aryl methyl sites for hydroxylation is 3. The summed E-state index contributed by atoms with van der Waals surface area (Å²) in [5, 5.41) is 8.31. The van der Waals surface area contributed by atoms with Crippen LogP contribution in [0.25, 0.3) is 0 Å². The maximum atomic E-state index is 13.3. The zero-order valence-electron chi connectivity index (χ0n) is 15.7. The molecule has 140 valence electrons. The van der Waals surface area contributed by atoms with Gasteiger partial charge in [0.1, 0.15) is 5.82 Å². The molecule has 2 aromatic carbocycles. The van der Waals surface area contributed by atoms with Gasteiger partial charge in [-0.05, 0) is 61.0 Å². The minimum absolute atomic E-state index is 0.103. The number of anilines is 1. The number of rotatable bonds is 6. The number of thiophene rings is 1. The second-order valence-electron chi connectivity index (χ2n) is 6.70. The van der Waals surface area contributed by atoms with Crippen LogP contribution in [-0.4, -0.2) is 12.5 Å². The van der Waals surface area contributed by atoms with E-state index in [9.17, 15) is 9.18 Å². The normalized spacial score (nSPS) is 12.0. The maximum absolute atomic E-state index is 13.3. The number of nitrogens with one attached hydrogen (secondary N) is 2. The van der Waals surface area contributed by atoms with Crippen molar-refractivity contribution >= 4 is 22.9 Å². The SMILES string of the molecule is Cc1cc(C)c(NC(=O)CN[C@@H](c2ccc(F)cc2)c2cccs2)c(C)c1. The van der Waals surface area contributed by atoms with E-state index < -0.39 is 0 Å². The molecule has 0 aliphatic heterocycles. The number of amides is 1. The third-order valence-corrected chi connectivity index (χ3v) is 5.38. The zero-order valence-corrected chi connectivity index (χ0v) is 16.5. The van der Waals surface area contributed by atoms with Crippen LogP contribution in [-0.2, 0) is 4.79 Å². The van der Waals surface area contributed by atoms with Crippen LogP contribution in [0.2, 0.25) is 0 Å². The van der Waals surface area contributed by atoms with Gasteiger partial charge in [-0.2, -0.15) is 0 Å². The molecule has 1 atom stereocenters. The second-order valence-corrected chi connectivity index (χ2v) is 7.68. The van der Waals surface area contributed by atoms with Gasteiger partial charge in [-0.25, -0.2) is 4.39 Å². The van der Waals surface area contributed by atoms with E-state index >= 15 is 0 Å². The van der Waals surface area contributed by atoms with E-state index in [0.717, 1.165) is 27.3 Å². The first-order valence-electron chi connectivity index (χ1n) is 8.84. The second kappa shape index (κ2) is 8.46. The van der Waals surface area contributed by atoms with Crippen molar-refractivity contribution in [3.8, 4) is 0 Å². The number of benzene rings is 2. The summed E-state index contributed by atoms with van der Waals surface area (Å²) in [5.74, 6) is -0.375. The molecular weight excluding hydrogens is 359 g/mol. The number of hydrogen-bond donors (Lipinski definition) is 2. The molecular formula is C22H23FN2OS. The van der Waals surface area contributed by atoms with Crippen molar-refractivity contribution in [2.24, 2.45) is 0 Å². The molecule has 0 radical (unpaired) electrons. The molecule has 1 amide bonds. The number of carbonyl (C=O) groups excluding carboxylic acids is 1. The Hall–Kier alpha value is -2.50. The molecule has 0 aliphatic carbocycles. The fourth-order valence-electron chi connectivity index (χ4n) is 3.25. The average molecular weight is 383 g/mol. The highest BCUT2D eigenvalue weighted by atomic mass is 32.1. The Morgan fingerprint density at radius 2 is 1.74 bits per heavy atom. The number of carbonyl (C=O) groups is 1. The Morgan fingerprint density at radius 3 is 2.33 bits per heavy atom. The fraction of sp³-hybridized carbons (Fsp3) is 0.227. The topological polar surface area (TPSA) is 41.1 Å². The first-order valence-corrected chi connectivity index (χ1v) is 9.72. The highest BCUT2D eigenvalue weighted by molar-refractivity contribution is 7.10. The largest absolute Gasteiger partial charge is 0.324 e. The lowest BCUT2D eigenvalue weighted by molar-refractivity contribution is -0.115. The first-order chi connectivity index (χ1) is 12.9. The van der Waals surface area contributed by atoms with Crippen LogP contribution in [0.4, 0.5) is 10.1 Å². The summed E-state index contributed by atoms with van der Waals surface area (Å²) in [7, 11) is 0. The molecule has 0 spiro atoms. The molecule has 1 heterocycles. The lowest BCUT2D eigenvalue weighted by Crippen LogP contribution is -2.32. The summed E-state index contributed by atoms with van der Waals surface area (Å²) in [6.07, 6.45) is 0. The van der Waals surface area contributed by atoms with E-state index in [1.807, 2.05) is 38.3 Å². The molecule has 3 rings (SSSR count). The van der Waals surface area contributed by atoms with Crippen molar-refractivity contribution in [2.45, 2.75) is 26.8 Å². The molecule has 5 heteroatoms. The van der Waals surface area contributed by atoms with Crippen molar-refractivity contribution in [3.05, 3.63) is 86.9 Å². The van der Waals surface area contributed by atoms with Crippen LogP contribution in [0, 0.1) is 26.6 Å². The smallest absolute Gasteiger partial charge is 0.238 e. The maximum Gasteiger partial charge on any atom is 0.238 e. The first kappa shape index (κ1) is 19.3. The summed E-state index contributed by atoms with van der Waals surface area (Å²) >= 11 is 1.60. The van der Waals surface area contributed by atoms with Crippen molar-refractivity contribution in [3.63, 3.8) is 0 Å². The Bertz CT molecular complexity index is 897. The molecule has 0 aliphatic rings. The molecule has 0 bridgehead atoms. The Kier molecular flexibility index (Phi) is 6.04. The zero-order chi connectivity index (χ0) is 19.4. The Labute approximate surface area is 163 Å². The van der Waals surface area contributed by atoms with Crippen molar-refractivity contribution in [1.29, 1.82) is 0 Å². The Balaban J connectivity index is 1.72. The molecule has 0 unspecified atom stereocenters. The lowest BCUT2D eigenvalue weighted by atomic mass is 10.0. The van der Waals surface area contributed by atoms with E-state index in [1.54, 1.807) is 23.5 Å². The monoisotopic (exact) mass is 382 g/mol. The standard InChI is InChI=1S/C22H23FN2OS/c1-14-11-15(2)21(16(3)12-14)25-20(26)13-24-22(19-5-4-10-27-19)17-6-8-18(23)9-7-17/h4-12,22,24H,13H2,1-3H3,(H,25,26)/t22-/m0/s1. The number of halogens is 1. The van der Waals surface area contributed by atoms with Gasteiger partial charge in [-0.3, -0.25) is 10.1 Å². The van der Waals surface area contributed by atoms with Crippen molar-refractivity contribution in [1.82, 2.24) is 5.32 Å². The average Bonchev–Trinajstić information content (AvgIpc) is 3.14. The van der Waals surface area contributed by atoms with Crippen molar-refractivity contribution < 1.29 is 9.18 Å². The van der Waals surface area contributed by atoms with Crippen LogP contribution in [0.3, 0.4) is 0 Å². The fourth-order valence-corrected chi connectivity index (χ4v) is 4.08. The van der Waals surface area contributed by atoms with Gasteiger partial charge < -0.3 is 5.32 Å². The van der Waals surface area contributed by atoms with Crippen LogP contribution in [0.1, 0.15) is 33.2 Å². The van der Waals surface area contributed by atoms with E-state index in [-0.39, 0.29) is 24.3 Å². The molecule has 0 fully saturated rings. The van der Waals surface area contributed by atoms with E-state index in [0.29, 0.717) is 0 Å². The molecule has 27 heavy (non-hydrogen) atoms. The quantitative estimate of drug-likeness (QED) is 0.620. The minimum atomic E-state index is -0.272. The van der Waals surface area contributed by atoms with Gasteiger partial charge in [0.15, 0.2) is 0 Å². The highest BCUT2D eigenvalue weighted by Crippen LogP contribution is 2.26. The molecule has 0 saturated heterocycles. The van der Waals surface area contributed by atoms with Gasteiger partial charge in [0, 0.05) is 10.6 Å². The summed E-state index contributed by atoms with van der Waals surface area (Å²) < 4.78 is 13.3. The van der Waals surface area contributed by atoms with Gasteiger partial charge in [-0.1, -0.05) is 35.9 Å². The molecule has 3 nitrogen and oxygen atoms in total. The van der Waals surface area contributed by atoms with Gasteiger partial charge in [0.25, 0.3) is 0 Å². The van der Waals surface area contributed by atoms with E-state index in [4.69, 9.17) is 0 Å². The Morgan fingerprint density at radius 1 is 1.07 bits per heavy atom. The lowest BCUT2D eigenvalue weighted by Gasteiger charge is -2.19. The number of hydrogen-bond acceptors (Lipinski definition) is 3. The summed E-state index contributed by atoms with van der Waals surface area (Å²) in [5.41, 5.74) is 5.06. The predicted molar refractivity (Wildman–Crippen MR) is 110 cm³/mol.